The highest BCUT2D eigenvalue weighted by Crippen LogP contribution is 2.19. The molecule has 98 valence electrons. The van der Waals surface area contributed by atoms with Crippen molar-refractivity contribution in [1.82, 2.24) is 10.6 Å². The van der Waals surface area contributed by atoms with Crippen molar-refractivity contribution in [2.75, 3.05) is 6.54 Å². The minimum Gasteiger partial charge on any atom is -0.480 e. The van der Waals surface area contributed by atoms with E-state index in [4.69, 9.17) is 0 Å². The molecule has 1 aliphatic heterocycles. The number of carbonyl (C=O) groups excluding carboxylic acids is 1. The van der Waals surface area contributed by atoms with Gasteiger partial charge < -0.3 is 10.4 Å². The van der Waals surface area contributed by atoms with Crippen molar-refractivity contribution in [3.8, 4) is 0 Å². The number of aliphatic carboxylic acids is 1. The molecule has 1 saturated heterocycles. The maximum atomic E-state index is 11.4. The van der Waals surface area contributed by atoms with Crippen LogP contribution in [0.15, 0.2) is 0 Å². The summed E-state index contributed by atoms with van der Waals surface area (Å²) in [5, 5.41) is 15.3. The summed E-state index contributed by atoms with van der Waals surface area (Å²) < 4.78 is 0. The van der Waals surface area contributed by atoms with E-state index in [0.29, 0.717) is 25.8 Å². The molecule has 1 unspecified atom stereocenters. The number of rotatable bonds is 5. The molecule has 5 heteroatoms. The van der Waals surface area contributed by atoms with E-state index in [1.807, 2.05) is 13.8 Å². The van der Waals surface area contributed by atoms with E-state index in [0.717, 1.165) is 12.8 Å². The van der Waals surface area contributed by atoms with Crippen LogP contribution in [0, 0.1) is 0 Å². The molecule has 1 heterocycles. The smallest absolute Gasteiger partial charge is 0.323 e. The first-order chi connectivity index (χ1) is 8.04. The van der Waals surface area contributed by atoms with Crippen LogP contribution in [0.1, 0.15) is 46.0 Å². The largest absolute Gasteiger partial charge is 0.480 e. The van der Waals surface area contributed by atoms with Gasteiger partial charge in [0.1, 0.15) is 5.54 Å². The summed E-state index contributed by atoms with van der Waals surface area (Å²) in [6.07, 6.45) is 3.16. The molecule has 0 spiro atoms. The Balaban J connectivity index is 2.71. The van der Waals surface area contributed by atoms with Crippen molar-refractivity contribution < 1.29 is 14.7 Å². The molecule has 0 aromatic carbocycles. The molecule has 0 saturated carbocycles. The van der Waals surface area contributed by atoms with E-state index in [9.17, 15) is 14.7 Å². The Kier molecular flexibility index (Phi) is 4.93. The summed E-state index contributed by atoms with van der Waals surface area (Å²) in [5.41, 5.74) is -0.894. The maximum Gasteiger partial charge on any atom is 0.323 e. The second kappa shape index (κ2) is 6.00. The Morgan fingerprint density at radius 1 is 1.53 bits per heavy atom. The Morgan fingerprint density at radius 3 is 2.71 bits per heavy atom. The molecule has 0 aromatic heterocycles. The van der Waals surface area contributed by atoms with Gasteiger partial charge in [-0.2, -0.15) is 0 Å². The van der Waals surface area contributed by atoms with Crippen molar-refractivity contribution in [2.45, 2.75) is 57.5 Å². The van der Waals surface area contributed by atoms with Crippen molar-refractivity contribution in [2.24, 2.45) is 0 Å². The van der Waals surface area contributed by atoms with Crippen molar-refractivity contribution in [3.05, 3.63) is 0 Å². The average molecular weight is 242 g/mol. The van der Waals surface area contributed by atoms with Gasteiger partial charge in [-0.05, 0) is 25.7 Å². The number of carbonyl (C=O) groups is 2. The summed E-state index contributed by atoms with van der Waals surface area (Å²) in [6, 6.07) is -0.0338. The van der Waals surface area contributed by atoms with Gasteiger partial charge in [0, 0.05) is 19.0 Å². The van der Waals surface area contributed by atoms with Gasteiger partial charge in [0.2, 0.25) is 5.91 Å². The van der Waals surface area contributed by atoms with Gasteiger partial charge in [0.25, 0.3) is 0 Å². The highest BCUT2D eigenvalue weighted by atomic mass is 16.4. The third-order valence-corrected chi connectivity index (χ3v) is 3.58. The van der Waals surface area contributed by atoms with Crippen LogP contribution < -0.4 is 10.6 Å². The third kappa shape index (κ3) is 3.43. The molecule has 5 nitrogen and oxygen atoms in total. The second-order valence-electron chi connectivity index (χ2n) is 4.63. The van der Waals surface area contributed by atoms with E-state index in [1.54, 1.807) is 0 Å². The van der Waals surface area contributed by atoms with Crippen LogP contribution in [0.4, 0.5) is 0 Å². The fourth-order valence-corrected chi connectivity index (χ4v) is 2.31. The summed E-state index contributed by atoms with van der Waals surface area (Å²) in [6.45, 7) is 4.41. The molecular weight excluding hydrogens is 220 g/mol. The molecule has 1 fully saturated rings. The van der Waals surface area contributed by atoms with Crippen molar-refractivity contribution >= 4 is 11.9 Å². The number of nitrogens with one attached hydrogen (secondary N) is 2. The Labute approximate surface area is 102 Å². The Hall–Kier alpha value is -1.10. The molecule has 1 amide bonds. The summed E-state index contributed by atoms with van der Waals surface area (Å²) in [5.74, 6) is -0.821. The lowest BCUT2D eigenvalue weighted by atomic mass is 9.90. The van der Waals surface area contributed by atoms with Gasteiger partial charge in [-0.3, -0.25) is 14.9 Å². The normalized spacial score (nSPS) is 21.8. The average Bonchev–Trinajstić information content (AvgIpc) is 2.50. The Bertz CT molecular complexity index is 287. The van der Waals surface area contributed by atoms with E-state index >= 15 is 0 Å². The molecule has 17 heavy (non-hydrogen) atoms. The first-order valence-corrected chi connectivity index (χ1v) is 6.32. The number of hydrogen-bond acceptors (Lipinski definition) is 3. The molecule has 0 aliphatic carbocycles. The lowest BCUT2D eigenvalue weighted by Gasteiger charge is -2.32. The van der Waals surface area contributed by atoms with Crippen LogP contribution in [0.2, 0.25) is 0 Å². The van der Waals surface area contributed by atoms with Gasteiger partial charge in [-0.1, -0.05) is 13.8 Å². The fraction of sp³-hybridized carbons (Fsp3) is 0.833. The summed E-state index contributed by atoms with van der Waals surface area (Å²) in [7, 11) is 0. The number of carboxylic acid groups (broad SMARTS) is 1. The van der Waals surface area contributed by atoms with Gasteiger partial charge in [0.15, 0.2) is 0 Å². The zero-order valence-electron chi connectivity index (χ0n) is 10.6. The van der Waals surface area contributed by atoms with Crippen LogP contribution in [0.5, 0.6) is 0 Å². The van der Waals surface area contributed by atoms with Crippen LogP contribution in [-0.2, 0) is 9.59 Å². The Morgan fingerprint density at radius 2 is 2.18 bits per heavy atom. The molecule has 1 rings (SSSR count). The van der Waals surface area contributed by atoms with E-state index in [1.165, 1.54) is 0 Å². The van der Waals surface area contributed by atoms with Gasteiger partial charge >= 0.3 is 5.97 Å². The first kappa shape index (κ1) is 14.0. The van der Waals surface area contributed by atoms with Gasteiger partial charge in [-0.25, -0.2) is 0 Å². The highest BCUT2D eigenvalue weighted by molar-refractivity contribution is 5.79. The predicted molar refractivity (Wildman–Crippen MR) is 64.7 cm³/mol. The third-order valence-electron chi connectivity index (χ3n) is 3.58. The molecule has 1 aliphatic rings. The van der Waals surface area contributed by atoms with Crippen molar-refractivity contribution in [1.29, 1.82) is 0 Å². The van der Waals surface area contributed by atoms with Gasteiger partial charge in [0.05, 0.1) is 0 Å². The van der Waals surface area contributed by atoms with Crippen LogP contribution >= 0.6 is 0 Å². The number of hydrogen-bond donors (Lipinski definition) is 3. The number of carboxylic acids is 1. The van der Waals surface area contributed by atoms with Crippen LogP contribution in [-0.4, -0.2) is 35.1 Å². The van der Waals surface area contributed by atoms with E-state index < -0.39 is 11.5 Å². The maximum absolute atomic E-state index is 11.4. The molecule has 0 aromatic rings. The summed E-state index contributed by atoms with van der Waals surface area (Å²) >= 11 is 0. The molecule has 0 radical (unpaired) electrons. The predicted octanol–water partition coefficient (Wildman–Crippen LogP) is 0.888. The molecule has 1 atom stereocenters. The highest BCUT2D eigenvalue weighted by Gasteiger charge is 2.37. The molecular formula is C12H22N2O3. The number of amides is 1. The SMILES string of the molecule is CCC(CC)(NC1CCCNC(=O)C1)C(=O)O. The lowest BCUT2D eigenvalue weighted by Crippen LogP contribution is -2.55. The molecule has 0 bridgehead atoms. The summed E-state index contributed by atoms with van der Waals surface area (Å²) in [4.78, 5) is 22.8. The van der Waals surface area contributed by atoms with Crippen molar-refractivity contribution in [3.63, 3.8) is 0 Å². The minimum absolute atomic E-state index is 0.00601. The van der Waals surface area contributed by atoms with Crippen LogP contribution in [0.25, 0.3) is 0 Å². The second-order valence-corrected chi connectivity index (χ2v) is 4.63. The van der Waals surface area contributed by atoms with E-state index in [2.05, 4.69) is 10.6 Å². The van der Waals surface area contributed by atoms with Crippen LogP contribution in [0.3, 0.4) is 0 Å². The zero-order chi connectivity index (χ0) is 12.9. The molecule has 3 N–H and O–H groups in total. The fourth-order valence-electron chi connectivity index (χ4n) is 2.31. The van der Waals surface area contributed by atoms with E-state index in [-0.39, 0.29) is 11.9 Å². The topological polar surface area (TPSA) is 78.4 Å². The van der Waals surface area contributed by atoms with Gasteiger partial charge in [-0.15, -0.1) is 0 Å². The quantitative estimate of drug-likeness (QED) is 0.669. The monoisotopic (exact) mass is 242 g/mol. The first-order valence-electron chi connectivity index (χ1n) is 6.32. The minimum atomic E-state index is -0.894. The standard InChI is InChI=1S/C12H22N2O3/c1-3-12(4-2,11(16)17)14-9-6-5-7-13-10(15)8-9/h9,14H,3-8H2,1-2H3,(H,13,15)(H,16,17). The lowest BCUT2D eigenvalue weighted by molar-refractivity contribution is -0.146. The zero-order valence-corrected chi connectivity index (χ0v) is 10.6.